The summed E-state index contributed by atoms with van der Waals surface area (Å²) < 4.78 is 0. The molecule has 0 amide bonds. The smallest absolute Gasteiger partial charge is 0.244 e. The molecule has 0 aliphatic carbocycles. The maximum atomic E-state index is 11.3. The number of hydrogen-bond acceptors (Lipinski definition) is 4. The first-order chi connectivity index (χ1) is 8.84. The molecule has 1 N–H and O–H groups in total. The van der Waals surface area contributed by atoms with Gasteiger partial charge < -0.3 is 0 Å². The molecule has 0 radical (unpaired) electrons. The summed E-state index contributed by atoms with van der Waals surface area (Å²) in [6.07, 6.45) is 0. The fourth-order valence-electron chi connectivity index (χ4n) is 1.72. The second kappa shape index (κ2) is 4.54. The summed E-state index contributed by atoms with van der Waals surface area (Å²) in [4.78, 5) is 16.3. The summed E-state index contributed by atoms with van der Waals surface area (Å²) in [7, 11) is 0. The molecule has 0 atom stereocenters. The van der Waals surface area contributed by atoms with Crippen molar-refractivity contribution in [3.8, 4) is 21.8 Å². The number of benzene rings is 1. The van der Waals surface area contributed by atoms with Crippen molar-refractivity contribution in [3.63, 3.8) is 0 Å². The van der Waals surface area contributed by atoms with Crippen molar-refractivity contribution in [3.05, 3.63) is 58.3 Å². The number of hydrogen-bond donors (Lipinski definition) is 1. The van der Waals surface area contributed by atoms with Gasteiger partial charge in [0.05, 0.1) is 4.88 Å². The van der Waals surface area contributed by atoms with Gasteiger partial charge in [0, 0.05) is 5.56 Å². The third-order valence-electron chi connectivity index (χ3n) is 2.50. The van der Waals surface area contributed by atoms with Crippen LogP contribution >= 0.6 is 11.3 Å². The van der Waals surface area contributed by atoms with Gasteiger partial charge in [-0.2, -0.15) is 10.1 Å². The predicted octanol–water partition coefficient (Wildman–Crippen LogP) is 2.56. The van der Waals surface area contributed by atoms with Gasteiger partial charge in [-0.05, 0) is 11.4 Å². The van der Waals surface area contributed by atoms with Gasteiger partial charge in [0.25, 0.3) is 0 Å². The quantitative estimate of drug-likeness (QED) is 0.765. The summed E-state index contributed by atoms with van der Waals surface area (Å²) in [6, 6.07) is 13.5. The van der Waals surface area contributed by atoms with E-state index in [0.717, 1.165) is 10.4 Å². The third kappa shape index (κ3) is 1.96. The molecule has 0 bridgehead atoms. The molecule has 18 heavy (non-hydrogen) atoms. The first-order valence-electron chi connectivity index (χ1n) is 5.40. The Morgan fingerprint density at radius 3 is 2.56 bits per heavy atom. The lowest BCUT2D eigenvalue weighted by atomic mass is 10.1. The fraction of sp³-hybridized carbons (Fsp3) is 0. The largest absolute Gasteiger partial charge is 0.361 e. The molecule has 88 valence electrons. The Balaban J connectivity index is 2.25. The van der Waals surface area contributed by atoms with E-state index in [1.165, 1.54) is 11.3 Å². The maximum Gasteiger partial charge on any atom is 0.361 e. The Bertz CT molecular complexity index is 705. The van der Waals surface area contributed by atoms with E-state index in [9.17, 15) is 4.79 Å². The normalized spacial score (nSPS) is 10.4. The van der Waals surface area contributed by atoms with Crippen molar-refractivity contribution >= 4 is 11.3 Å². The number of nitrogens with zero attached hydrogens (tertiary/aromatic N) is 2. The van der Waals surface area contributed by atoms with E-state index in [1.807, 2.05) is 47.8 Å². The van der Waals surface area contributed by atoms with Gasteiger partial charge >= 0.3 is 5.69 Å². The fourth-order valence-corrected chi connectivity index (χ4v) is 2.43. The minimum Gasteiger partial charge on any atom is -0.244 e. The molecule has 0 spiro atoms. The topological polar surface area (TPSA) is 58.6 Å². The second-order valence-electron chi connectivity index (χ2n) is 3.68. The van der Waals surface area contributed by atoms with Crippen LogP contribution in [0.2, 0.25) is 0 Å². The minimum atomic E-state index is -0.432. The highest BCUT2D eigenvalue weighted by Crippen LogP contribution is 2.29. The van der Waals surface area contributed by atoms with Gasteiger partial charge in [0.15, 0.2) is 0 Å². The predicted molar refractivity (Wildman–Crippen MR) is 71.4 cm³/mol. The molecule has 0 aliphatic heterocycles. The standard InChI is InChI=1S/C13H9N3OS/c17-13-14-12(10-7-4-8-18-10)11(15-16-13)9-5-2-1-3-6-9/h1-8H,(H,14,16,17). The molecule has 3 aromatic rings. The van der Waals surface area contributed by atoms with Gasteiger partial charge in [0.2, 0.25) is 0 Å². The van der Waals surface area contributed by atoms with Gasteiger partial charge in [-0.3, -0.25) is 0 Å². The van der Waals surface area contributed by atoms with Crippen molar-refractivity contribution in [2.75, 3.05) is 0 Å². The summed E-state index contributed by atoms with van der Waals surface area (Å²) in [6.45, 7) is 0. The molecule has 0 saturated heterocycles. The molecule has 0 fully saturated rings. The second-order valence-corrected chi connectivity index (χ2v) is 4.63. The number of rotatable bonds is 2. The summed E-state index contributed by atoms with van der Waals surface area (Å²) in [5.41, 5.74) is 1.82. The molecule has 2 heterocycles. The Morgan fingerprint density at radius 1 is 1.00 bits per heavy atom. The summed E-state index contributed by atoms with van der Waals surface area (Å²) in [5, 5.41) is 8.45. The zero-order chi connectivity index (χ0) is 12.4. The Kier molecular flexibility index (Phi) is 2.74. The van der Waals surface area contributed by atoms with Crippen LogP contribution in [-0.2, 0) is 0 Å². The molecule has 2 aromatic heterocycles. The minimum absolute atomic E-state index is 0.432. The maximum absolute atomic E-state index is 11.3. The van der Waals surface area contributed by atoms with Gasteiger partial charge in [0.1, 0.15) is 11.4 Å². The van der Waals surface area contributed by atoms with Crippen molar-refractivity contribution in [1.82, 2.24) is 15.2 Å². The van der Waals surface area contributed by atoms with Gasteiger partial charge in [-0.15, -0.1) is 11.3 Å². The highest BCUT2D eigenvalue weighted by Gasteiger charge is 2.12. The zero-order valence-corrected chi connectivity index (χ0v) is 10.1. The highest BCUT2D eigenvalue weighted by atomic mass is 32.1. The van der Waals surface area contributed by atoms with Crippen LogP contribution in [-0.4, -0.2) is 15.2 Å². The Labute approximate surface area is 107 Å². The van der Waals surface area contributed by atoms with Crippen LogP contribution in [0.15, 0.2) is 52.6 Å². The molecule has 1 aromatic carbocycles. The van der Waals surface area contributed by atoms with Crippen LogP contribution in [0.25, 0.3) is 21.8 Å². The molecular formula is C13H9N3OS. The zero-order valence-electron chi connectivity index (χ0n) is 9.33. The van der Waals surface area contributed by atoms with E-state index in [4.69, 9.17) is 0 Å². The molecule has 0 saturated carbocycles. The first-order valence-corrected chi connectivity index (χ1v) is 6.28. The van der Waals surface area contributed by atoms with E-state index in [2.05, 4.69) is 15.2 Å². The lowest BCUT2D eigenvalue weighted by Crippen LogP contribution is -2.14. The van der Waals surface area contributed by atoms with E-state index >= 15 is 0 Å². The SMILES string of the molecule is O=c1nc(-c2cccs2)c(-c2ccccc2)n[nH]1. The van der Waals surface area contributed by atoms with Crippen LogP contribution in [0.5, 0.6) is 0 Å². The third-order valence-corrected chi connectivity index (χ3v) is 3.38. The first kappa shape index (κ1) is 10.9. The number of nitrogens with one attached hydrogen (secondary N) is 1. The van der Waals surface area contributed by atoms with Crippen LogP contribution in [0.3, 0.4) is 0 Å². The summed E-state index contributed by atoms with van der Waals surface area (Å²) in [5.74, 6) is 0. The average molecular weight is 255 g/mol. The number of H-pyrrole nitrogens is 1. The van der Waals surface area contributed by atoms with Crippen molar-refractivity contribution in [1.29, 1.82) is 0 Å². The van der Waals surface area contributed by atoms with Crippen molar-refractivity contribution in [2.45, 2.75) is 0 Å². The molecule has 0 aliphatic rings. The number of thiophene rings is 1. The molecule has 3 rings (SSSR count). The molecular weight excluding hydrogens is 246 g/mol. The Morgan fingerprint density at radius 2 is 1.83 bits per heavy atom. The van der Waals surface area contributed by atoms with Gasteiger partial charge in [-0.25, -0.2) is 9.89 Å². The van der Waals surface area contributed by atoms with Gasteiger partial charge in [-0.1, -0.05) is 36.4 Å². The van der Waals surface area contributed by atoms with Crippen LogP contribution in [0.1, 0.15) is 0 Å². The van der Waals surface area contributed by atoms with E-state index in [-0.39, 0.29) is 0 Å². The lowest BCUT2D eigenvalue weighted by molar-refractivity contribution is 0.927. The molecule has 4 nitrogen and oxygen atoms in total. The van der Waals surface area contributed by atoms with Crippen LogP contribution < -0.4 is 5.69 Å². The van der Waals surface area contributed by atoms with E-state index < -0.39 is 5.69 Å². The average Bonchev–Trinajstić information content (AvgIpc) is 2.93. The highest BCUT2D eigenvalue weighted by molar-refractivity contribution is 7.13. The van der Waals surface area contributed by atoms with Crippen LogP contribution in [0, 0.1) is 0 Å². The van der Waals surface area contributed by atoms with Crippen molar-refractivity contribution < 1.29 is 0 Å². The monoisotopic (exact) mass is 255 g/mol. The lowest BCUT2D eigenvalue weighted by Gasteiger charge is -2.04. The van der Waals surface area contributed by atoms with E-state index in [1.54, 1.807) is 0 Å². The Hall–Kier alpha value is -2.27. The van der Waals surface area contributed by atoms with Crippen LogP contribution in [0.4, 0.5) is 0 Å². The van der Waals surface area contributed by atoms with Crippen molar-refractivity contribution in [2.24, 2.45) is 0 Å². The molecule has 0 unspecified atom stereocenters. The summed E-state index contributed by atoms with van der Waals surface area (Å²) >= 11 is 1.54. The number of aromatic nitrogens is 3. The van der Waals surface area contributed by atoms with E-state index in [0.29, 0.717) is 11.4 Å². The number of aromatic amines is 1. The molecule has 5 heteroatoms.